The first kappa shape index (κ1) is 36.3. The van der Waals surface area contributed by atoms with Crippen LogP contribution >= 0.6 is 0 Å². The molecule has 0 spiro atoms. The molecule has 1 radical (unpaired) electrons. The van der Waals surface area contributed by atoms with Crippen LogP contribution < -0.4 is 4.74 Å². The fourth-order valence-corrected chi connectivity index (χ4v) is 4.30. The van der Waals surface area contributed by atoms with Gasteiger partial charge in [0, 0.05) is 46.8 Å². The summed E-state index contributed by atoms with van der Waals surface area (Å²) in [7, 11) is 3.76. The number of hydrogen-bond acceptors (Lipinski definition) is 7. The molecule has 1 heterocycles. The zero-order valence-corrected chi connectivity index (χ0v) is 24.5. The molecule has 2 aromatic rings. The number of aliphatic hydroxyl groups excluding tert-OH is 2. The zero-order chi connectivity index (χ0) is 26.5. The van der Waals surface area contributed by atoms with Crippen LogP contribution in [0, 0.1) is 0 Å². The van der Waals surface area contributed by atoms with Crippen molar-refractivity contribution in [2.24, 2.45) is 0 Å². The first-order valence-corrected chi connectivity index (χ1v) is 11.8. The van der Waals surface area contributed by atoms with Crippen molar-refractivity contribution in [2.45, 2.75) is 31.7 Å². The fourth-order valence-electron chi connectivity index (χ4n) is 4.30. The van der Waals surface area contributed by atoms with Gasteiger partial charge in [-0.15, -0.1) is 6.54 Å². The Labute approximate surface area is 230 Å². The molecular weight excluding hydrogens is 633 g/mol. The smallest absolute Gasteiger partial charge is 0.122 e. The number of para-hydroxylation sites is 2. The van der Waals surface area contributed by atoms with Crippen LogP contribution in [0.5, 0.6) is 11.5 Å². The molecule has 8 nitrogen and oxygen atoms in total. The third-order valence-corrected chi connectivity index (χ3v) is 5.93. The van der Waals surface area contributed by atoms with E-state index in [1.165, 1.54) is 18.4 Å². The summed E-state index contributed by atoms with van der Waals surface area (Å²) in [6.45, 7) is 9.39. The Balaban J connectivity index is 0. The monoisotopic (exact) mass is 676 g/mol. The van der Waals surface area contributed by atoms with Gasteiger partial charge in [-0.25, -0.2) is 0 Å². The quantitative estimate of drug-likeness (QED) is 0.261. The molecule has 0 saturated carbocycles. The van der Waals surface area contributed by atoms with Crippen LogP contribution in [0.1, 0.15) is 36.3 Å². The molecule has 0 amide bonds. The summed E-state index contributed by atoms with van der Waals surface area (Å²) in [6.07, 6.45) is 3.44. The van der Waals surface area contributed by atoms with Crippen molar-refractivity contribution in [3.8, 4) is 11.5 Å². The van der Waals surface area contributed by atoms with Gasteiger partial charge in [-0.3, -0.25) is 6.79 Å². The largest absolute Gasteiger partial charge is 0.676 e. The van der Waals surface area contributed by atoms with E-state index in [0.29, 0.717) is 24.8 Å². The Bertz CT molecular complexity index is 777. The second-order valence-electron chi connectivity index (χ2n) is 7.87. The van der Waals surface area contributed by atoms with E-state index in [1.54, 1.807) is 13.2 Å². The summed E-state index contributed by atoms with van der Waals surface area (Å²) in [5.74, 6) is 1.95. The van der Waals surface area contributed by atoms with E-state index in [0.717, 1.165) is 64.7 Å². The number of carbonyl (C=O) groups excluding carboxylic acids is 1. The number of ether oxygens (including phenoxy) is 1. The van der Waals surface area contributed by atoms with E-state index in [9.17, 15) is 5.11 Å². The number of rotatable bonds is 10. The fraction of sp³-hybridized carbons (Fsp3) is 0.519. The molecule has 0 aliphatic carbocycles. The minimum absolute atomic E-state index is 0. The first-order valence-electron chi connectivity index (χ1n) is 11.8. The van der Waals surface area contributed by atoms with Crippen LogP contribution in [0.15, 0.2) is 48.5 Å². The number of nitrogens with one attached hydrogen (secondary N) is 1. The number of phenolic OH excluding ortho intramolecular Hbond substituents is 1. The number of aliphatic hydroxyl groups is 2. The maximum Gasteiger partial charge on any atom is 0.122 e. The third kappa shape index (κ3) is 12.9. The van der Waals surface area contributed by atoms with Crippen LogP contribution in [-0.2, 0) is 31.8 Å². The molecule has 205 valence electrons. The molecule has 0 unspecified atom stereocenters. The van der Waals surface area contributed by atoms with Crippen molar-refractivity contribution in [2.75, 3.05) is 60.6 Å². The van der Waals surface area contributed by atoms with Gasteiger partial charge in [0.1, 0.15) is 11.5 Å². The Hall–Kier alpha value is -1.83. The van der Waals surface area contributed by atoms with Crippen LogP contribution in [0.25, 0.3) is 5.73 Å². The number of phenols is 1. The molecule has 1 aliphatic heterocycles. The second-order valence-corrected chi connectivity index (χ2v) is 7.87. The zero-order valence-electron chi connectivity index (χ0n) is 21.8. The predicted octanol–water partition coefficient (Wildman–Crippen LogP) is 3.47. The summed E-state index contributed by atoms with van der Waals surface area (Å²) in [5, 5.41) is 24.0. The molecule has 2 aromatic carbocycles. The topological polar surface area (TPSA) is 117 Å². The third-order valence-electron chi connectivity index (χ3n) is 5.93. The Kier molecular flexibility index (Phi) is 23.8. The molecule has 1 aliphatic rings. The summed E-state index contributed by atoms with van der Waals surface area (Å²) in [4.78, 5) is 12.6. The van der Waals surface area contributed by atoms with Crippen molar-refractivity contribution in [1.82, 2.24) is 9.80 Å². The van der Waals surface area contributed by atoms with E-state index in [1.807, 2.05) is 24.3 Å². The van der Waals surface area contributed by atoms with Crippen molar-refractivity contribution >= 4 is 6.79 Å². The van der Waals surface area contributed by atoms with E-state index in [2.05, 4.69) is 34.8 Å². The number of hydrogen-bond donors (Lipinski definition) is 3. The van der Waals surface area contributed by atoms with Gasteiger partial charge in [-0.1, -0.05) is 36.4 Å². The SMILES string of the molecule is CO.CO.COc1ccccc1C1CCN(CCCN(CC[NH-])Cc2ccccc2O)CC1.[CH-]=O.[Re]. The molecule has 1 saturated heterocycles. The van der Waals surface area contributed by atoms with Crippen molar-refractivity contribution < 1.29 is 45.3 Å². The molecule has 4 N–H and O–H groups in total. The van der Waals surface area contributed by atoms with E-state index in [-0.39, 0.29) is 20.4 Å². The maximum absolute atomic E-state index is 10.0. The van der Waals surface area contributed by atoms with Gasteiger partial charge >= 0.3 is 0 Å². The van der Waals surface area contributed by atoms with Gasteiger partial charge in [0.25, 0.3) is 0 Å². The average Bonchev–Trinajstić information content (AvgIpc) is 2.94. The van der Waals surface area contributed by atoms with Crippen molar-refractivity contribution in [3.05, 3.63) is 65.4 Å². The van der Waals surface area contributed by atoms with Gasteiger partial charge in [0.15, 0.2) is 0 Å². The van der Waals surface area contributed by atoms with Crippen LogP contribution in [0.2, 0.25) is 0 Å². The molecule has 36 heavy (non-hydrogen) atoms. The van der Waals surface area contributed by atoms with E-state index in [4.69, 9.17) is 25.5 Å². The summed E-state index contributed by atoms with van der Waals surface area (Å²) in [6, 6.07) is 15.9. The normalized spacial score (nSPS) is 13.1. The van der Waals surface area contributed by atoms with Gasteiger partial charge in [-0.05, 0) is 75.6 Å². The minimum Gasteiger partial charge on any atom is -0.676 e. The first-order chi connectivity index (χ1) is 17.2. The number of likely N-dealkylation sites (tertiary alicyclic amines) is 1. The van der Waals surface area contributed by atoms with Crippen LogP contribution in [0.3, 0.4) is 0 Å². The number of benzene rings is 2. The van der Waals surface area contributed by atoms with Gasteiger partial charge in [0.2, 0.25) is 0 Å². The van der Waals surface area contributed by atoms with Gasteiger partial charge < -0.3 is 40.4 Å². The molecule has 0 bridgehead atoms. The van der Waals surface area contributed by atoms with Crippen LogP contribution in [-0.4, -0.2) is 92.5 Å². The van der Waals surface area contributed by atoms with E-state index >= 15 is 0 Å². The summed E-state index contributed by atoms with van der Waals surface area (Å²) < 4.78 is 5.54. The number of piperidine rings is 1. The van der Waals surface area contributed by atoms with Crippen LogP contribution in [0.4, 0.5) is 0 Å². The molecule has 3 rings (SSSR count). The molecule has 9 heteroatoms. The predicted molar refractivity (Wildman–Crippen MR) is 142 cm³/mol. The molecular formula is C27H43N3O5Re-2. The number of aromatic hydroxyl groups is 1. The molecule has 1 fully saturated rings. The Morgan fingerprint density at radius 3 is 2.17 bits per heavy atom. The average molecular weight is 676 g/mol. The Morgan fingerprint density at radius 1 is 1.00 bits per heavy atom. The molecule has 0 atom stereocenters. The van der Waals surface area contributed by atoms with Crippen molar-refractivity contribution in [1.29, 1.82) is 0 Å². The standard InChI is InChI=1S/C24H34N3O2.2CH4O.CHO.Re/c1-29-24-10-5-3-8-22(24)20-11-16-26(17-12-20)14-6-15-27(18-13-25)19-21-7-2-4-9-23(21)28;3*1-2;/h2-5,7-10,20,25,28H,6,11-19H2,1H3;2*2H,1H3;1H;/q-1;;;-1;. The number of nitrogens with zero attached hydrogens (tertiary/aromatic N) is 2. The Morgan fingerprint density at radius 2 is 1.58 bits per heavy atom. The van der Waals surface area contributed by atoms with E-state index < -0.39 is 0 Å². The van der Waals surface area contributed by atoms with Crippen molar-refractivity contribution in [3.63, 3.8) is 0 Å². The summed E-state index contributed by atoms with van der Waals surface area (Å²) in [5.41, 5.74) is 9.89. The molecule has 0 aromatic heterocycles. The maximum atomic E-state index is 10.0. The summed E-state index contributed by atoms with van der Waals surface area (Å²) >= 11 is 0. The minimum atomic E-state index is 0. The second kappa shape index (κ2) is 23.6. The number of methoxy groups -OCH3 is 1. The van der Waals surface area contributed by atoms with Gasteiger partial charge in [0.05, 0.1) is 7.11 Å². The van der Waals surface area contributed by atoms with Gasteiger partial charge in [-0.2, -0.15) is 0 Å².